The van der Waals surface area contributed by atoms with Crippen LogP contribution in [0.1, 0.15) is 65.1 Å². The number of nitriles is 1. The molecule has 5 rings (SSSR count). The lowest BCUT2D eigenvalue weighted by Crippen LogP contribution is -2.59. The lowest BCUT2D eigenvalue weighted by atomic mass is 10.0. The molecule has 2 aliphatic heterocycles. The number of aryl methyl sites for hydroxylation is 2. The highest BCUT2D eigenvalue weighted by Crippen LogP contribution is 2.36. The summed E-state index contributed by atoms with van der Waals surface area (Å²) in [5.74, 6) is 0.695. The Bertz CT molecular complexity index is 1710. The predicted octanol–water partition coefficient (Wildman–Crippen LogP) is 3.59. The Morgan fingerprint density at radius 3 is 2.58 bits per heavy atom. The van der Waals surface area contributed by atoms with Crippen molar-refractivity contribution in [2.24, 2.45) is 0 Å². The first-order valence-electron chi connectivity index (χ1n) is 13.7. The number of anilines is 1. The highest BCUT2D eigenvalue weighted by atomic mass is 32.2. The fraction of sp³-hybridized carbons (Fsp3) is 0.393. The second-order valence-corrected chi connectivity index (χ2v) is 12.0. The van der Waals surface area contributed by atoms with Crippen molar-refractivity contribution in [3.63, 3.8) is 0 Å². The van der Waals surface area contributed by atoms with E-state index in [4.69, 9.17) is 10.00 Å². The molecule has 1 amide bonds. The molecule has 3 aromatic rings. The van der Waals surface area contributed by atoms with Crippen LogP contribution in [0.2, 0.25) is 0 Å². The summed E-state index contributed by atoms with van der Waals surface area (Å²) < 4.78 is 76.9. The van der Waals surface area contributed by atoms with Crippen LogP contribution >= 0.6 is 0 Å². The summed E-state index contributed by atoms with van der Waals surface area (Å²) in [4.78, 5) is 19.1. The number of sulfonamides is 1. The number of nitrogens with zero attached hydrogens (tertiary/aromatic N) is 4. The molecule has 3 heterocycles. The summed E-state index contributed by atoms with van der Waals surface area (Å²) in [6, 6.07) is 8.72. The number of carbonyl (C=O) groups is 1. The van der Waals surface area contributed by atoms with Crippen LogP contribution in [0.4, 0.5) is 18.9 Å². The Balaban J connectivity index is 1.35. The van der Waals surface area contributed by atoms with Crippen molar-refractivity contribution in [3.8, 4) is 11.8 Å². The van der Waals surface area contributed by atoms with E-state index in [9.17, 15) is 26.4 Å². The molecular weight excluding hydrogens is 587 g/mol. The number of aromatic nitrogens is 2. The molecule has 43 heavy (non-hydrogen) atoms. The van der Waals surface area contributed by atoms with Crippen molar-refractivity contribution in [3.05, 3.63) is 70.3 Å². The molecule has 0 bridgehead atoms. The number of halogens is 3. The van der Waals surface area contributed by atoms with E-state index in [1.165, 1.54) is 24.3 Å². The summed E-state index contributed by atoms with van der Waals surface area (Å²) in [5.41, 5.74) is 3.28. The van der Waals surface area contributed by atoms with Gasteiger partial charge in [0.05, 0.1) is 40.4 Å². The third-order valence-corrected chi connectivity index (χ3v) is 8.76. The van der Waals surface area contributed by atoms with E-state index in [0.29, 0.717) is 41.6 Å². The second kappa shape index (κ2) is 11.4. The van der Waals surface area contributed by atoms with E-state index in [1.54, 1.807) is 29.5 Å². The van der Waals surface area contributed by atoms with E-state index in [2.05, 4.69) is 20.4 Å². The van der Waals surface area contributed by atoms with Crippen molar-refractivity contribution in [2.45, 2.75) is 56.9 Å². The molecule has 0 aliphatic carbocycles. The monoisotopic (exact) mass is 617 g/mol. The molecule has 1 fully saturated rings. The van der Waals surface area contributed by atoms with Gasteiger partial charge in [-0.25, -0.2) is 22.8 Å². The van der Waals surface area contributed by atoms with E-state index < -0.39 is 39.5 Å². The molecule has 0 radical (unpaired) electrons. The maximum absolute atomic E-state index is 13.4. The quantitative estimate of drug-likeness (QED) is 0.331. The minimum absolute atomic E-state index is 0.0698. The van der Waals surface area contributed by atoms with Crippen LogP contribution in [0, 0.1) is 18.3 Å². The van der Waals surface area contributed by atoms with Gasteiger partial charge in [-0.1, -0.05) is 6.92 Å². The highest BCUT2D eigenvalue weighted by Gasteiger charge is 2.37. The molecule has 0 saturated carbocycles. The van der Waals surface area contributed by atoms with Crippen molar-refractivity contribution in [1.29, 1.82) is 5.26 Å². The summed E-state index contributed by atoms with van der Waals surface area (Å²) in [5, 5.41) is 11.9. The van der Waals surface area contributed by atoms with Crippen LogP contribution in [-0.2, 0) is 22.6 Å². The fourth-order valence-electron chi connectivity index (χ4n) is 5.21. The smallest absolute Gasteiger partial charge is 0.417 e. The summed E-state index contributed by atoms with van der Waals surface area (Å²) in [7, 11) is -4.06. The van der Waals surface area contributed by atoms with Gasteiger partial charge in [0.2, 0.25) is 10.0 Å². The molecule has 1 atom stereocenters. The van der Waals surface area contributed by atoms with Crippen molar-refractivity contribution < 1.29 is 31.1 Å². The molecule has 1 unspecified atom stereocenters. The van der Waals surface area contributed by atoms with Gasteiger partial charge in [-0.3, -0.25) is 10.2 Å². The molecule has 228 valence electrons. The zero-order valence-electron chi connectivity index (χ0n) is 23.6. The first-order valence-corrected chi connectivity index (χ1v) is 15.2. The Morgan fingerprint density at radius 2 is 1.93 bits per heavy atom. The number of amides is 1. The number of benzene rings is 2. The van der Waals surface area contributed by atoms with Crippen molar-refractivity contribution in [1.82, 2.24) is 19.7 Å². The van der Waals surface area contributed by atoms with Gasteiger partial charge in [-0.15, -0.1) is 0 Å². The normalized spacial score (nSPS) is 17.0. The van der Waals surface area contributed by atoms with Gasteiger partial charge < -0.3 is 15.0 Å². The minimum atomic E-state index is -4.69. The average molecular weight is 618 g/mol. The van der Waals surface area contributed by atoms with Crippen LogP contribution in [-0.4, -0.2) is 49.7 Å². The first-order chi connectivity index (χ1) is 20.4. The second-order valence-electron chi connectivity index (χ2n) is 10.3. The standard InChI is InChI=1S/C28H30F3N7O4S/c1-4-6-24-33-16(3)25-27(39)34-26(35-38(24)25)21-12-20(9-10-23(21)42-5-2)43(40,41)36-18-14-37(15-18)19-8-7-17(13-32)22(11-19)28(29,30)31/h7-12,18,26,35-36H,4-6,14-15H2,1-3H3,(H,34,39). The zero-order chi connectivity index (χ0) is 31.1. The van der Waals surface area contributed by atoms with E-state index in [0.717, 1.165) is 18.6 Å². The lowest BCUT2D eigenvalue weighted by molar-refractivity contribution is -0.137. The molecule has 3 N–H and O–H groups in total. The zero-order valence-corrected chi connectivity index (χ0v) is 24.4. The van der Waals surface area contributed by atoms with Gasteiger partial charge in [0.25, 0.3) is 5.91 Å². The summed E-state index contributed by atoms with van der Waals surface area (Å²) in [6.45, 7) is 6.10. The largest absolute Gasteiger partial charge is 0.493 e. The number of nitrogens with one attached hydrogen (secondary N) is 3. The third kappa shape index (κ3) is 5.84. The molecular formula is C28H30F3N7O4S. The minimum Gasteiger partial charge on any atom is -0.493 e. The SMILES string of the molecule is CCCc1nc(C)c2n1NC(c1cc(S(=O)(=O)NC3CN(c4ccc(C#N)c(C(F)(F)F)c4)C3)ccc1OCC)NC2=O. The Hall–Kier alpha value is -4.29. The van der Waals surface area contributed by atoms with E-state index >= 15 is 0 Å². The van der Waals surface area contributed by atoms with Gasteiger partial charge in [0.15, 0.2) is 5.69 Å². The third-order valence-electron chi connectivity index (χ3n) is 7.24. The van der Waals surface area contributed by atoms with Crippen molar-refractivity contribution in [2.75, 3.05) is 30.0 Å². The van der Waals surface area contributed by atoms with E-state index in [-0.39, 0.29) is 29.6 Å². The van der Waals surface area contributed by atoms with Gasteiger partial charge in [0, 0.05) is 30.8 Å². The summed E-state index contributed by atoms with van der Waals surface area (Å²) >= 11 is 0. The van der Waals surface area contributed by atoms with E-state index in [1.807, 2.05) is 6.92 Å². The number of imidazole rings is 1. The van der Waals surface area contributed by atoms with Crippen molar-refractivity contribution >= 4 is 21.6 Å². The maximum Gasteiger partial charge on any atom is 0.417 e. The molecule has 11 nitrogen and oxygen atoms in total. The number of carbonyl (C=O) groups excluding carboxylic acids is 1. The lowest BCUT2D eigenvalue weighted by Gasteiger charge is -2.41. The Kier molecular flexibility index (Phi) is 8.01. The van der Waals surface area contributed by atoms with Crippen LogP contribution in [0.3, 0.4) is 0 Å². The molecule has 1 aromatic heterocycles. The van der Waals surface area contributed by atoms with Crippen LogP contribution < -0.4 is 25.1 Å². The fourth-order valence-corrected chi connectivity index (χ4v) is 6.46. The van der Waals surface area contributed by atoms with Crippen LogP contribution in [0.5, 0.6) is 5.75 Å². The molecule has 0 spiro atoms. The number of hydrogen-bond donors (Lipinski definition) is 3. The number of ether oxygens (including phenoxy) is 1. The molecule has 1 saturated heterocycles. The first kappa shape index (κ1) is 30.2. The van der Waals surface area contributed by atoms with Gasteiger partial charge >= 0.3 is 6.18 Å². The summed E-state index contributed by atoms with van der Waals surface area (Å²) in [6.07, 6.45) is -4.08. The van der Waals surface area contributed by atoms with Gasteiger partial charge in [-0.05, 0) is 56.7 Å². The Labute approximate surface area is 246 Å². The number of hydrogen-bond acceptors (Lipinski definition) is 8. The number of fused-ring (bicyclic) bond motifs is 1. The number of alkyl halides is 3. The van der Waals surface area contributed by atoms with Gasteiger partial charge in [0.1, 0.15) is 17.7 Å². The van der Waals surface area contributed by atoms with Crippen LogP contribution in [0.25, 0.3) is 0 Å². The average Bonchev–Trinajstić information content (AvgIpc) is 3.25. The van der Waals surface area contributed by atoms with Crippen LogP contribution in [0.15, 0.2) is 41.3 Å². The topological polar surface area (TPSA) is 141 Å². The molecule has 2 aliphatic rings. The molecule has 15 heteroatoms. The molecule has 2 aromatic carbocycles. The van der Waals surface area contributed by atoms with Gasteiger partial charge in [-0.2, -0.15) is 18.4 Å². The predicted molar refractivity (Wildman–Crippen MR) is 151 cm³/mol. The maximum atomic E-state index is 13.4. The highest BCUT2D eigenvalue weighted by molar-refractivity contribution is 7.89. The number of rotatable bonds is 9. The Morgan fingerprint density at radius 1 is 1.19 bits per heavy atom.